The predicted octanol–water partition coefficient (Wildman–Crippen LogP) is 2.33. The van der Waals surface area contributed by atoms with Gasteiger partial charge >= 0.3 is 0 Å². The summed E-state index contributed by atoms with van der Waals surface area (Å²) in [5, 5.41) is 11.1. The Morgan fingerprint density at radius 3 is 2.69 bits per heavy atom. The number of benzene rings is 1. The molecule has 0 atom stereocenters. The molecule has 16 heavy (non-hydrogen) atoms. The third kappa shape index (κ3) is 4.01. The van der Waals surface area contributed by atoms with Gasteiger partial charge in [0.15, 0.2) is 0 Å². The second kappa shape index (κ2) is 6.46. The molecule has 0 bridgehead atoms. The van der Waals surface area contributed by atoms with E-state index in [-0.39, 0.29) is 5.91 Å². The molecule has 0 aliphatic heterocycles. The van der Waals surface area contributed by atoms with Crippen LogP contribution in [0, 0.1) is 11.3 Å². The first kappa shape index (κ1) is 12.1. The Morgan fingerprint density at radius 1 is 1.44 bits per heavy atom. The molecule has 0 aliphatic rings. The fourth-order valence-corrected chi connectivity index (χ4v) is 1.23. The molecule has 4 nitrogen and oxygen atoms in total. The van der Waals surface area contributed by atoms with Gasteiger partial charge in [-0.3, -0.25) is 4.79 Å². The first-order valence-corrected chi connectivity index (χ1v) is 5.07. The minimum absolute atomic E-state index is 0.0691. The maximum absolute atomic E-state index is 11.4. The number of nitrogens with one attached hydrogen (secondary N) is 1. The maximum atomic E-state index is 11.4. The Balaban J connectivity index is 2.41. The van der Waals surface area contributed by atoms with Crippen LogP contribution in [-0.4, -0.2) is 13.0 Å². The lowest BCUT2D eigenvalue weighted by atomic mass is 10.2. The third-order valence-electron chi connectivity index (χ3n) is 2.07. The molecule has 0 aliphatic carbocycles. The number of carbonyl (C=O) groups is 1. The summed E-state index contributed by atoms with van der Waals surface area (Å²) in [6.07, 6.45) is 1.38. The lowest BCUT2D eigenvalue weighted by Gasteiger charge is -2.05. The molecule has 0 saturated heterocycles. The number of anilines is 1. The van der Waals surface area contributed by atoms with Gasteiger partial charge in [0.05, 0.1) is 13.2 Å². The van der Waals surface area contributed by atoms with Gasteiger partial charge in [-0.1, -0.05) is 0 Å². The highest BCUT2D eigenvalue weighted by Gasteiger charge is 2.01. The van der Waals surface area contributed by atoms with Crippen molar-refractivity contribution in [1.29, 1.82) is 5.26 Å². The van der Waals surface area contributed by atoms with Crippen LogP contribution in [0.25, 0.3) is 0 Å². The number of hydrogen-bond acceptors (Lipinski definition) is 3. The van der Waals surface area contributed by atoms with E-state index in [1.165, 1.54) is 0 Å². The highest BCUT2D eigenvalue weighted by atomic mass is 16.5. The number of nitrogens with zero attached hydrogens (tertiary/aromatic N) is 1. The van der Waals surface area contributed by atoms with Crippen molar-refractivity contribution in [1.82, 2.24) is 0 Å². The first-order chi connectivity index (χ1) is 7.76. The van der Waals surface area contributed by atoms with Gasteiger partial charge in [-0.15, -0.1) is 0 Å². The Hall–Kier alpha value is -2.02. The second-order valence-corrected chi connectivity index (χ2v) is 3.29. The van der Waals surface area contributed by atoms with Crippen LogP contribution in [-0.2, 0) is 4.79 Å². The molecular weight excluding hydrogens is 204 g/mol. The van der Waals surface area contributed by atoms with Crippen molar-refractivity contribution in [2.75, 3.05) is 12.4 Å². The van der Waals surface area contributed by atoms with E-state index in [1.54, 1.807) is 31.4 Å². The normalized spacial score (nSPS) is 9.25. The Morgan fingerprint density at radius 2 is 2.12 bits per heavy atom. The fourth-order valence-electron chi connectivity index (χ4n) is 1.23. The average Bonchev–Trinajstić information content (AvgIpc) is 2.30. The van der Waals surface area contributed by atoms with Crippen LogP contribution in [0.3, 0.4) is 0 Å². The predicted molar refractivity (Wildman–Crippen MR) is 61.1 cm³/mol. The summed E-state index contributed by atoms with van der Waals surface area (Å²) in [6.45, 7) is 0. The fraction of sp³-hybridized carbons (Fsp3) is 0.333. The van der Waals surface area contributed by atoms with E-state index in [9.17, 15) is 4.79 Å². The number of ether oxygens (including phenoxy) is 1. The third-order valence-corrected chi connectivity index (χ3v) is 2.07. The summed E-state index contributed by atoms with van der Waals surface area (Å²) in [4.78, 5) is 11.4. The molecule has 1 aromatic rings. The van der Waals surface area contributed by atoms with Crippen molar-refractivity contribution < 1.29 is 9.53 Å². The SMILES string of the molecule is COc1ccc(NC(=O)CCCC#N)cc1. The number of hydrogen-bond donors (Lipinski definition) is 1. The number of rotatable bonds is 5. The molecule has 1 aromatic carbocycles. The average molecular weight is 218 g/mol. The van der Waals surface area contributed by atoms with Crippen molar-refractivity contribution in [3.63, 3.8) is 0 Å². The van der Waals surface area contributed by atoms with E-state index in [4.69, 9.17) is 10.00 Å². The molecule has 0 heterocycles. The van der Waals surface area contributed by atoms with Gasteiger partial charge in [0.2, 0.25) is 5.91 Å². The van der Waals surface area contributed by atoms with Crippen LogP contribution in [0.4, 0.5) is 5.69 Å². The van der Waals surface area contributed by atoms with Gasteiger partial charge < -0.3 is 10.1 Å². The zero-order valence-corrected chi connectivity index (χ0v) is 9.19. The molecule has 4 heteroatoms. The molecule has 1 amide bonds. The van der Waals surface area contributed by atoms with Gasteiger partial charge in [-0.2, -0.15) is 5.26 Å². The molecule has 84 valence electrons. The maximum Gasteiger partial charge on any atom is 0.224 e. The van der Waals surface area contributed by atoms with Crippen LogP contribution in [0.2, 0.25) is 0 Å². The summed E-state index contributed by atoms with van der Waals surface area (Å²) in [7, 11) is 1.59. The Bertz CT molecular complexity index is 379. The lowest BCUT2D eigenvalue weighted by molar-refractivity contribution is -0.116. The van der Waals surface area contributed by atoms with Crippen LogP contribution in [0.1, 0.15) is 19.3 Å². The monoisotopic (exact) mass is 218 g/mol. The van der Waals surface area contributed by atoms with Crippen molar-refractivity contribution in [2.45, 2.75) is 19.3 Å². The van der Waals surface area contributed by atoms with E-state index < -0.39 is 0 Å². The summed E-state index contributed by atoms with van der Waals surface area (Å²) in [5.74, 6) is 0.683. The van der Waals surface area contributed by atoms with Gasteiger partial charge in [-0.05, 0) is 30.7 Å². The topological polar surface area (TPSA) is 62.1 Å². The zero-order chi connectivity index (χ0) is 11.8. The van der Waals surface area contributed by atoms with E-state index in [2.05, 4.69) is 5.32 Å². The van der Waals surface area contributed by atoms with Crippen molar-refractivity contribution in [3.8, 4) is 11.8 Å². The van der Waals surface area contributed by atoms with E-state index in [0.29, 0.717) is 19.3 Å². The number of carbonyl (C=O) groups excluding carboxylic acids is 1. The smallest absolute Gasteiger partial charge is 0.224 e. The summed E-state index contributed by atoms with van der Waals surface area (Å²) >= 11 is 0. The largest absolute Gasteiger partial charge is 0.497 e. The standard InChI is InChI=1S/C12H14N2O2/c1-16-11-7-5-10(6-8-11)14-12(15)4-2-3-9-13/h5-8H,2-4H2,1H3,(H,14,15). The summed E-state index contributed by atoms with van der Waals surface area (Å²) < 4.78 is 5.00. The molecule has 0 saturated carbocycles. The molecular formula is C12H14N2O2. The summed E-state index contributed by atoms with van der Waals surface area (Å²) in [6, 6.07) is 9.13. The summed E-state index contributed by atoms with van der Waals surface area (Å²) in [5.41, 5.74) is 0.739. The Kier molecular flexibility index (Phi) is 4.87. The molecule has 0 spiro atoms. The van der Waals surface area contributed by atoms with Gasteiger partial charge in [0.25, 0.3) is 0 Å². The molecule has 0 aromatic heterocycles. The van der Waals surface area contributed by atoms with Gasteiger partial charge in [0.1, 0.15) is 5.75 Å². The number of unbranched alkanes of at least 4 members (excludes halogenated alkanes) is 1. The van der Waals surface area contributed by atoms with Crippen molar-refractivity contribution in [3.05, 3.63) is 24.3 Å². The van der Waals surface area contributed by atoms with Crippen LogP contribution >= 0.6 is 0 Å². The quantitative estimate of drug-likeness (QED) is 0.771. The second-order valence-electron chi connectivity index (χ2n) is 3.29. The van der Waals surface area contributed by atoms with Crippen LogP contribution < -0.4 is 10.1 Å². The van der Waals surface area contributed by atoms with E-state index in [1.807, 2.05) is 6.07 Å². The zero-order valence-electron chi connectivity index (χ0n) is 9.19. The van der Waals surface area contributed by atoms with Gasteiger partial charge in [0, 0.05) is 18.5 Å². The highest BCUT2D eigenvalue weighted by Crippen LogP contribution is 2.15. The Labute approximate surface area is 94.8 Å². The van der Waals surface area contributed by atoms with Crippen molar-refractivity contribution in [2.24, 2.45) is 0 Å². The molecule has 0 unspecified atom stereocenters. The van der Waals surface area contributed by atoms with E-state index >= 15 is 0 Å². The molecule has 0 radical (unpaired) electrons. The minimum atomic E-state index is -0.0691. The van der Waals surface area contributed by atoms with E-state index in [0.717, 1.165) is 11.4 Å². The number of methoxy groups -OCH3 is 1. The molecule has 1 rings (SSSR count). The highest BCUT2D eigenvalue weighted by molar-refractivity contribution is 5.90. The minimum Gasteiger partial charge on any atom is -0.497 e. The molecule has 1 N–H and O–H groups in total. The van der Waals surface area contributed by atoms with Crippen LogP contribution in [0.15, 0.2) is 24.3 Å². The van der Waals surface area contributed by atoms with Gasteiger partial charge in [-0.25, -0.2) is 0 Å². The van der Waals surface area contributed by atoms with Crippen LogP contribution in [0.5, 0.6) is 5.75 Å². The molecule has 0 fully saturated rings. The lowest BCUT2D eigenvalue weighted by Crippen LogP contribution is -2.10. The number of nitriles is 1. The number of amides is 1. The first-order valence-electron chi connectivity index (χ1n) is 5.07. The van der Waals surface area contributed by atoms with Crippen molar-refractivity contribution >= 4 is 11.6 Å².